The van der Waals surface area contributed by atoms with Crippen molar-refractivity contribution in [2.75, 3.05) is 0 Å². The molecule has 2 N–H and O–H groups in total. The SMILES string of the molecule is [N-]=[N+]=NC1C[C@@H](C(=O)O)NC1=O. The van der Waals surface area contributed by atoms with Gasteiger partial charge in [0, 0.05) is 4.91 Å². The van der Waals surface area contributed by atoms with Crippen LogP contribution < -0.4 is 5.32 Å². The lowest BCUT2D eigenvalue weighted by Gasteiger charge is -1.99. The molecule has 1 amide bonds. The standard InChI is InChI=1S/C5H6N4O3/c6-9-8-2-1-3(5(11)12)7-4(2)10/h2-3H,1H2,(H,7,10)(H,11,12)/t2?,3-/m0/s1. The average molecular weight is 170 g/mol. The quantitative estimate of drug-likeness (QED) is 0.334. The molecule has 0 spiro atoms. The molecule has 7 heteroatoms. The Hall–Kier alpha value is -1.75. The fourth-order valence-corrected chi connectivity index (χ4v) is 0.982. The van der Waals surface area contributed by atoms with E-state index >= 15 is 0 Å². The van der Waals surface area contributed by atoms with Gasteiger partial charge in [-0.15, -0.1) is 0 Å². The van der Waals surface area contributed by atoms with Crippen molar-refractivity contribution in [3.8, 4) is 0 Å². The van der Waals surface area contributed by atoms with Crippen LogP contribution in [0.4, 0.5) is 0 Å². The number of azide groups is 1. The number of carbonyl (C=O) groups is 2. The van der Waals surface area contributed by atoms with Crippen LogP contribution in [-0.4, -0.2) is 29.1 Å². The monoisotopic (exact) mass is 170 g/mol. The molecular weight excluding hydrogens is 164 g/mol. The minimum atomic E-state index is -1.11. The summed E-state index contributed by atoms with van der Waals surface area (Å²) in [6.07, 6.45) is 0.0260. The zero-order valence-corrected chi connectivity index (χ0v) is 5.97. The van der Waals surface area contributed by atoms with Crippen molar-refractivity contribution in [2.45, 2.75) is 18.5 Å². The van der Waals surface area contributed by atoms with E-state index in [4.69, 9.17) is 10.6 Å². The predicted molar refractivity (Wildman–Crippen MR) is 37.1 cm³/mol. The van der Waals surface area contributed by atoms with Gasteiger partial charge in [0.25, 0.3) is 0 Å². The molecule has 1 rings (SSSR count). The number of hydrogen-bond donors (Lipinski definition) is 2. The molecule has 0 bridgehead atoms. The molecule has 0 aromatic rings. The highest BCUT2D eigenvalue weighted by atomic mass is 16.4. The van der Waals surface area contributed by atoms with Crippen molar-refractivity contribution >= 4 is 11.9 Å². The summed E-state index contributed by atoms with van der Waals surface area (Å²) in [6, 6.07) is -1.80. The number of nitrogens with one attached hydrogen (secondary N) is 1. The molecule has 1 aliphatic heterocycles. The number of nitrogens with zero attached hydrogens (tertiary/aromatic N) is 3. The molecule has 2 atom stereocenters. The van der Waals surface area contributed by atoms with Gasteiger partial charge in [-0.1, -0.05) is 5.11 Å². The van der Waals surface area contributed by atoms with Crippen molar-refractivity contribution in [1.29, 1.82) is 0 Å². The van der Waals surface area contributed by atoms with E-state index in [1.165, 1.54) is 0 Å². The molecule has 0 saturated carbocycles. The third-order valence-corrected chi connectivity index (χ3v) is 1.57. The third-order valence-electron chi connectivity index (χ3n) is 1.57. The van der Waals surface area contributed by atoms with Crippen molar-refractivity contribution in [3.05, 3.63) is 10.4 Å². The van der Waals surface area contributed by atoms with E-state index in [0.29, 0.717) is 0 Å². The lowest BCUT2D eigenvalue weighted by molar-refractivity contribution is -0.140. The topological polar surface area (TPSA) is 115 Å². The Morgan fingerprint density at radius 1 is 1.83 bits per heavy atom. The Morgan fingerprint density at radius 2 is 2.50 bits per heavy atom. The fourth-order valence-electron chi connectivity index (χ4n) is 0.982. The maximum atomic E-state index is 10.8. The zero-order chi connectivity index (χ0) is 9.14. The van der Waals surface area contributed by atoms with E-state index < -0.39 is 24.0 Å². The van der Waals surface area contributed by atoms with Crippen molar-refractivity contribution in [1.82, 2.24) is 5.32 Å². The maximum Gasteiger partial charge on any atom is 0.326 e. The average Bonchev–Trinajstić information content (AvgIpc) is 2.34. The largest absolute Gasteiger partial charge is 0.480 e. The van der Waals surface area contributed by atoms with E-state index in [1.54, 1.807) is 0 Å². The van der Waals surface area contributed by atoms with Crippen molar-refractivity contribution in [3.63, 3.8) is 0 Å². The molecule has 64 valence electrons. The van der Waals surface area contributed by atoms with Gasteiger partial charge in [-0.05, 0) is 12.0 Å². The number of carbonyl (C=O) groups excluding carboxylic acids is 1. The van der Waals surface area contributed by atoms with E-state index in [0.717, 1.165) is 0 Å². The summed E-state index contributed by atoms with van der Waals surface area (Å²) in [7, 11) is 0. The molecule has 1 fully saturated rings. The molecule has 7 nitrogen and oxygen atoms in total. The maximum absolute atomic E-state index is 10.8. The highest BCUT2D eigenvalue weighted by Gasteiger charge is 2.35. The van der Waals surface area contributed by atoms with Crippen molar-refractivity contribution < 1.29 is 14.7 Å². The summed E-state index contributed by atoms with van der Waals surface area (Å²) in [4.78, 5) is 23.6. The summed E-state index contributed by atoms with van der Waals surface area (Å²) in [5.74, 6) is -1.64. The van der Waals surface area contributed by atoms with Crippen molar-refractivity contribution in [2.24, 2.45) is 5.11 Å². The summed E-state index contributed by atoms with van der Waals surface area (Å²) in [5.41, 5.74) is 8.00. The molecule has 0 radical (unpaired) electrons. The van der Waals surface area contributed by atoms with Crippen LogP contribution in [0.25, 0.3) is 10.4 Å². The van der Waals surface area contributed by atoms with Crippen LogP contribution in [0.3, 0.4) is 0 Å². The minimum absolute atomic E-state index is 0.0260. The first-order valence-electron chi connectivity index (χ1n) is 3.22. The molecule has 0 aromatic heterocycles. The summed E-state index contributed by atoms with van der Waals surface area (Å²) < 4.78 is 0. The second kappa shape index (κ2) is 3.10. The molecule has 0 aliphatic carbocycles. The highest BCUT2D eigenvalue weighted by Crippen LogP contribution is 2.11. The first-order chi connectivity index (χ1) is 5.65. The van der Waals surface area contributed by atoms with Gasteiger partial charge < -0.3 is 10.4 Å². The van der Waals surface area contributed by atoms with Crippen LogP contribution in [0.1, 0.15) is 6.42 Å². The van der Waals surface area contributed by atoms with Crippen LogP contribution >= 0.6 is 0 Å². The van der Waals surface area contributed by atoms with Gasteiger partial charge in [0.1, 0.15) is 12.1 Å². The number of amides is 1. The number of aliphatic carboxylic acids is 1. The van der Waals surface area contributed by atoms with E-state index in [9.17, 15) is 9.59 Å². The van der Waals surface area contributed by atoms with Crippen LogP contribution in [0.15, 0.2) is 5.11 Å². The summed E-state index contributed by atoms with van der Waals surface area (Å²) in [6.45, 7) is 0. The van der Waals surface area contributed by atoms with E-state index in [2.05, 4.69) is 15.3 Å². The Morgan fingerprint density at radius 3 is 2.92 bits per heavy atom. The van der Waals surface area contributed by atoms with Crippen LogP contribution in [0.5, 0.6) is 0 Å². The van der Waals surface area contributed by atoms with E-state index in [-0.39, 0.29) is 6.42 Å². The normalized spacial score (nSPS) is 27.5. The predicted octanol–water partition coefficient (Wildman–Crippen LogP) is -0.362. The van der Waals surface area contributed by atoms with Gasteiger partial charge in [0.15, 0.2) is 0 Å². The summed E-state index contributed by atoms with van der Waals surface area (Å²) >= 11 is 0. The molecule has 12 heavy (non-hydrogen) atoms. The smallest absolute Gasteiger partial charge is 0.326 e. The van der Waals surface area contributed by atoms with Gasteiger partial charge >= 0.3 is 5.97 Å². The molecule has 0 aromatic carbocycles. The van der Waals surface area contributed by atoms with Gasteiger partial charge in [0.05, 0.1) is 0 Å². The number of carboxylic acids is 1. The lowest BCUT2D eigenvalue weighted by Crippen LogP contribution is -2.33. The fraction of sp³-hybridized carbons (Fsp3) is 0.600. The van der Waals surface area contributed by atoms with Gasteiger partial charge in [-0.2, -0.15) is 0 Å². The molecule has 1 saturated heterocycles. The minimum Gasteiger partial charge on any atom is -0.480 e. The number of rotatable bonds is 2. The van der Waals surface area contributed by atoms with Crippen LogP contribution in [-0.2, 0) is 9.59 Å². The van der Waals surface area contributed by atoms with E-state index in [1.807, 2.05) is 0 Å². The zero-order valence-electron chi connectivity index (χ0n) is 5.97. The number of carboxylic acid groups (broad SMARTS) is 1. The number of hydrogen-bond acceptors (Lipinski definition) is 3. The highest BCUT2D eigenvalue weighted by molar-refractivity contribution is 5.91. The van der Waals surface area contributed by atoms with Gasteiger partial charge in [0.2, 0.25) is 5.91 Å². The Balaban J connectivity index is 2.68. The molecule has 1 heterocycles. The molecule has 1 aliphatic rings. The van der Waals surface area contributed by atoms with Gasteiger partial charge in [-0.25, -0.2) is 4.79 Å². The van der Waals surface area contributed by atoms with Crippen LogP contribution in [0, 0.1) is 0 Å². The Labute approximate surface area is 67.0 Å². The van der Waals surface area contributed by atoms with Gasteiger partial charge in [-0.3, -0.25) is 4.79 Å². The Bertz CT molecular complexity index is 270. The lowest BCUT2D eigenvalue weighted by atomic mass is 10.2. The third kappa shape index (κ3) is 1.46. The Kier molecular flexibility index (Phi) is 2.16. The second-order valence-electron chi connectivity index (χ2n) is 2.36. The molecular formula is C5H6N4O3. The first-order valence-corrected chi connectivity index (χ1v) is 3.22. The second-order valence-corrected chi connectivity index (χ2v) is 2.36. The van der Waals surface area contributed by atoms with Crippen LogP contribution in [0.2, 0.25) is 0 Å². The summed E-state index contributed by atoms with van der Waals surface area (Å²) in [5, 5.41) is 13.8. The first kappa shape index (κ1) is 8.35. The molecule has 1 unspecified atom stereocenters.